The minimum Gasteiger partial charge on any atom is -0.456 e. The van der Waals surface area contributed by atoms with Crippen molar-refractivity contribution in [1.82, 2.24) is 0 Å². The third kappa shape index (κ3) is 5.04. The summed E-state index contributed by atoms with van der Waals surface area (Å²) >= 11 is 0. The summed E-state index contributed by atoms with van der Waals surface area (Å²) in [5.41, 5.74) is 16.0. The van der Waals surface area contributed by atoms with Gasteiger partial charge in [0.15, 0.2) is 0 Å². The van der Waals surface area contributed by atoms with Gasteiger partial charge in [0.2, 0.25) is 0 Å². The van der Waals surface area contributed by atoms with Gasteiger partial charge in [-0.05, 0) is 133 Å². The van der Waals surface area contributed by atoms with Crippen molar-refractivity contribution >= 4 is 109 Å². The van der Waals surface area contributed by atoms with E-state index in [2.05, 4.69) is 158 Å². The molecule has 0 radical (unpaired) electrons. The first-order valence-electron chi connectivity index (χ1n) is 22.4. The van der Waals surface area contributed by atoms with E-state index in [0.29, 0.717) is 0 Å². The van der Waals surface area contributed by atoms with Gasteiger partial charge in [0, 0.05) is 43.1 Å². The van der Waals surface area contributed by atoms with Crippen molar-refractivity contribution in [3.05, 3.63) is 206 Å². The summed E-state index contributed by atoms with van der Waals surface area (Å²) in [6, 6.07) is 73.3. The van der Waals surface area contributed by atoms with Gasteiger partial charge in [0.1, 0.15) is 44.7 Å². The van der Waals surface area contributed by atoms with Gasteiger partial charge in [-0.1, -0.05) is 140 Å². The Balaban J connectivity index is 0.961. The fraction of sp³-hybridized carbons (Fsp3) is 0. The van der Waals surface area contributed by atoms with E-state index in [1.807, 2.05) is 48.5 Å². The minimum atomic E-state index is 0.843. The molecule has 0 atom stereocenters. The summed E-state index contributed by atoms with van der Waals surface area (Å²) in [7, 11) is 0. The highest BCUT2D eigenvalue weighted by Crippen LogP contribution is 2.47. The average Bonchev–Trinajstić information content (AvgIpc) is 4.15. The van der Waals surface area contributed by atoms with Crippen molar-refractivity contribution in [3.8, 4) is 44.5 Å². The van der Waals surface area contributed by atoms with Crippen LogP contribution in [0.2, 0.25) is 0 Å². The molecule has 4 nitrogen and oxygen atoms in total. The largest absolute Gasteiger partial charge is 0.456 e. The fourth-order valence-electron chi connectivity index (χ4n) is 10.9. The molecule has 15 aromatic rings. The second-order valence-electron chi connectivity index (χ2n) is 17.4. The normalized spacial score (nSPS) is 12.2. The molecule has 0 saturated heterocycles. The molecule has 66 heavy (non-hydrogen) atoms. The molecule has 4 heterocycles. The molecule has 0 bridgehead atoms. The first-order chi connectivity index (χ1) is 32.7. The van der Waals surface area contributed by atoms with Crippen LogP contribution in [-0.4, -0.2) is 0 Å². The summed E-state index contributed by atoms with van der Waals surface area (Å²) < 4.78 is 25.9. The Morgan fingerprint density at radius 1 is 0.197 bits per heavy atom. The standard InChI is InChI=1S/C62H34O4/c1-2-10-35(11-3-1)36-20-22-37(23-21-36)58-42-16-8-14-40(38-24-26-46-56(32-38)65-54-30-28-52-59(61(46)54)44-12-4-6-18-50(44)63-52)48(42)34-49-41(15-9-17-43(49)58)39-25-27-47-57(33-39)66-55-31-29-53-60(62(47)55)45-13-5-7-19-51(45)64-53/h1-34H. The van der Waals surface area contributed by atoms with E-state index in [1.165, 1.54) is 27.5 Å². The van der Waals surface area contributed by atoms with Crippen molar-refractivity contribution in [2.45, 2.75) is 0 Å². The number of furan rings is 4. The third-order valence-electron chi connectivity index (χ3n) is 13.9. The van der Waals surface area contributed by atoms with Gasteiger partial charge >= 0.3 is 0 Å². The SMILES string of the molecule is c1ccc(-c2ccc(-c3c4cccc(-c5ccc6c(c5)oc5ccc7oc8ccccc8c7c56)c4cc4c(-c5ccc6c(c5)oc5ccc7oc8ccccc8c7c56)cccc34)cc2)cc1. The number of fused-ring (bicyclic) bond motifs is 16. The molecule has 0 aliphatic carbocycles. The van der Waals surface area contributed by atoms with Gasteiger partial charge in [-0.3, -0.25) is 0 Å². The van der Waals surface area contributed by atoms with Crippen LogP contribution in [-0.2, 0) is 0 Å². The molecule has 306 valence electrons. The maximum atomic E-state index is 6.68. The van der Waals surface area contributed by atoms with E-state index in [0.717, 1.165) is 126 Å². The Labute approximate surface area is 376 Å². The summed E-state index contributed by atoms with van der Waals surface area (Å²) in [5, 5.41) is 13.4. The highest BCUT2D eigenvalue weighted by molar-refractivity contribution is 6.28. The van der Waals surface area contributed by atoms with Crippen LogP contribution in [0.15, 0.2) is 224 Å². The maximum absolute atomic E-state index is 6.68. The van der Waals surface area contributed by atoms with Gasteiger partial charge in [-0.2, -0.15) is 0 Å². The van der Waals surface area contributed by atoms with Crippen molar-refractivity contribution in [3.63, 3.8) is 0 Å². The Bertz CT molecular complexity index is 4260. The summed E-state index contributed by atoms with van der Waals surface area (Å²) in [6.45, 7) is 0. The van der Waals surface area contributed by atoms with Gasteiger partial charge in [-0.25, -0.2) is 0 Å². The molecule has 0 unspecified atom stereocenters. The number of benzene rings is 11. The first kappa shape index (κ1) is 35.6. The van der Waals surface area contributed by atoms with Gasteiger partial charge in [-0.15, -0.1) is 0 Å². The van der Waals surface area contributed by atoms with E-state index in [-0.39, 0.29) is 0 Å². The number of hydrogen-bond acceptors (Lipinski definition) is 4. The molecule has 11 aromatic carbocycles. The van der Waals surface area contributed by atoms with E-state index in [1.54, 1.807) is 0 Å². The molecule has 0 aliphatic heterocycles. The smallest absolute Gasteiger partial charge is 0.136 e. The van der Waals surface area contributed by atoms with Crippen LogP contribution in [0.5, 0.6) is 0 Å². The van der Waals surface area contributed by atoms with Crippen LogP contribution >= 0.6 is 0 Å². The quantitative estimate of drug-likeness (QED) is 0.166. The topological polar surface area (TPSA) is 52.6 Å². The molecule has 0 saturated carbocycles. The molecule has 0 fully saturated rings. The molecule has 0 aliphatic rings. The first-order valence-corrected chi connectivity index (χ1v) is 22.4. The van der Waals surface area contributed by atoms with Gasteiger partial charge < -0.3 is 17.7 Å². The molecule has 4 heteroatoms. The van der Waals surface area contributed by atoms with Gasteiger partial charge in [0.05, 0.1) is 0 Å². The van der Waals surface area contributed by atoms with Crippen molar-refractivity contribution in [1.29, 1.82) is 0 Å². The lowest BCUT2D eigenvalue weighted by atomic mass is 9.86. The Morgan fingerprint density at radius 2 is 0.576 bits per heavy atom. The van der Waals surface area contributed by atoms with Crippen molar-refractivity contribution in [2.24, 2.45) is 0 Å². The maximum Gasteiger partial charge on any atom is 0.136 e. The zero-order chi connectivity index (χ0) is 43.0. The van der Waals surface area contributed by atoms with Crippen LogP contribution in [0, 0.1) is 0 Å². The molecule has 0 spiro atoms. The van der Waals surface area contributed by atoms with Crippen LogP contribution < -0.4 is 0 Å². The Kier molecular flexibility index (Phi) is 7.19. The zero-order valence-corrected chi connectivity index (χ0v) is 35.3. The lowest BCUT2D eigenvalue weighted by Gasteiger charge is -2.18. The second-order valence-corrected chi connectivity index (χ2v) is 17.4. The van der Waals surface area contributed by atoms with Crippen molar-refractivity contribution < 1.29 is 17.7 Å². The molecule has 0 amide bonds. The Hall–Kier alpha value is -8.86. The average molecular weight is 843 g/mol. The lowest BCUT2D eigenvalue weighted by Crippen LogP contribution is -1.91. The van der Waals surface area contributed by atoms with E-state index < -0.39 is 0 Å². The number of rotatable bonds is 4. The molecule has 0 N–H and O–H groups in total. The third-order valence-corrected chi connectivity index (χ3v) is 13.9. The Morgan fingerprint density at radius 3 is 1.08 bits per heavy atom. The predicted octanol–water partition coefficient (Wildman–Crippen LogP) is 18.3. The van der Waals surface area contributed by atoms with Crippen LogP contribution in [0.4, 0.5) is 0 Å². The van der Waals surface area contributed by atoms with Gasteiger partial charge in [0.25, 0.3) is 0 Å². The highest BCUT2D eigenvalue weighted by Gasteiger charge is 2.21. The fourth-order valence-corrected chi connectivity index (χ4v) is 10.9. The van der Waals surface area contributed by atoms with E-state index in [4.69, 9.17) is 17.7 Å². The molecular formula is C62H34O4. The summed E-state index contributed by atoms with van der Waals surface area (Å²) in [6.07, 6.45) is 0. The monoisotopic (exact) mass is 842 g/mol. The molecule has 4 aromatic heterocycles. The second kappa shape index (κ2) is 13.3. The lowest BCUT2D eigenvalue weighted by molar-refractivity contribution is 0.663. The van der Waals surface area contributed by atoms with E-state index >= 15 is 0 Å². The van der Waals surface area contributed by atoms with Crippen LogP contribution in [0.1, 0.15) is 0 Å². The highest BCUT2D eigenvalue weighted by atomic mass is 16.3. The van der Waals surface area contributed by atoms with Crippen LogP contribution in [0.3, 0.4) is 0 Å². The van der Waals surface area contributed by atoms with Crippen molar-refractivity contribution in [2.75, 3.05) is 0 Å². The zero-order valence-electron chi connectivity index (χ0n) is 35.3. The van der Waals surface area contributed by atoms with Crippen LogP contribution in [0.25, 0.3) is 154 Å². The number of hydrogen-bond donors (Lipinski definition) is 0. The minimum absolute atomic E-state index is 0.843. The number of para-hydroxylation sites is 2. The molecular weight excluding hydrogens is 809 g/mol. The van der Waals surface area contributed by atoms with E-state index in [9.17, 15) is 0 Å². The summed E-state index contributed by atoms with van der Waals surface area (Å²) in [5.74, 6) is 0. The molecule has 15 rings (SSSR count). The predicted molar refractivity (Wildman–Crippen MR) is 272 cm³/mol. The summed E-state index contributed by atoms with van der Waals surface area (Å²) in [4.78, 5) is 0.